The normalized spacial score (nSPS) is 20.8. The van der Waals surface area contributed by atoms with Gasteiger partial charge in [-0.05, 0) is 61.1 Å². The van der Waals surface area contributed by atoms with Gasteiger partial charge >= 0.3 is 12.2 Å². The Kier molecular flexibility index (Phi) is 6.35. The number of carbonyl (C=O) groups excluding carboxylic acids is 2. The van der Waals surface area contributed by atoms with Gasteiger partial charge in [0.25, 0.3) is 0 Å². The summed E-state index contributed by atoms with van der Waals surface area (Å²) in [6.45, 7) is 3.97. The zero-order valence-corrected chi connectivity index (χ0v) is 18.6. The summed E-state index contributed by atoms with van der Waals surface area (Å²) in [4.78, 5) is 25.8. The van der Waals surface area contributed by atoms with Gasteiger partial charge in [0.1, 0.15) is 5.75 Å². The fourth-order valence-electron chi connectivity index (χ4n) is 4.66. The predicted molar refractivity (Wildman–Crippen MR) is 120 cm³/mol. The van der Waals surface area contributed by atoms with Crippen LogP contribution in [-0.4, -0.2) is 54.6 Å². The van der Waals surface area contributed by atoms with Crippen molar-refractivity contribution in [2.75, 3.05) is 20.3 Å². The Bertz CT molecular complexity index is 969. The molecule has 0 spiro atoms. The second-order valence-electron chi connectivity index (χ2n) is 7.62. The number of nitrogens with zero attached hydrogens (tertiary/aromatic N) is 2. The predicted octanol–water partition coefficient (Wildman–Crippen LogP) is 4.87. The molecule has 0 aromatic heterocycles. The topological polar surface area (TPSA) is 68.3 Å². The highest BCUT2D eigenvalue weighted by molar-refractivity contribution is 5.87. The van der Waals surface area contributed by atoms with Crippen molar-refractivity contribution < 1.29 is 23.8 Å². The van der Waals surface area contributed by atoms with Crippen LogP contribution in [0.1, 0.15) is 37.8 Å². The Balaban J connectivity index is 1.89. The quantitative estimate of drug-likeness (QED) is 0.669. The summed E-state index contributed by atoms with van der Waals surface area (Å²) in [6, 6.07) is 17.3. The number of methoxy groups -OCH3 is 1. The maximum atomic E-state index is 12.9. The summed E-state index contributed by atoms with van der Waals surface area (Å²) >= 11 is 0. The Morgan fingerprint density at radius 3 is 1.78 bits per heavy atom. The van der Waals surface area contributed by atoms with Crippen LogP contribution in [0, 0.1) is 0 Å². The van der Waals surface area contributed by atoms with E-state index >= 15 is 0 Å². The summed E-state index contributed by atoms with van der Waals surface area (Å²) in [7, 11) is 1.64. The number of hydrogen-bond donors (Lipinski definition) is 0. The molecule has 7 nitrogen and oxygen atoms in total. The molecule has 2 amide bonds. The SMILES string of the molecule is CCOC(=O)N1[C@@H]2CC[C@@H](C2=C(c2ccccc2)c2ccc(OC)cc2)N1C(=O)OCC. The van der Waals surface area contributed by atoms with Crippen molar-refractivity contribution in [1.82, 2.24) is 10.0 Å². The third kappa shape index (κ3) is 3.79. The minimum Gasteiger partial charge on any atom is -0.497 e. The molecule has 2 atom stereocenters. The molecule has 1 saturated carbocycles. The first kappa shape index (κ1) is 21.7. The zero-order chi connectivity index (χ0) is 22.7. The van der Waals surface area contributed by atoms with Crippen LogP contribution in [0.3, 0.4) is 0 Å². The van der Waals surface area contributed by atoms with Crippen molar-refractivity contribution in [1.29, 1.82) is 0 Å². The van der Waals surface area contributed by atoms with Gasteiger partial charge in [0.15, 0.2) is 0 Å². The molecule has 2 aliphatic rings. The zero-order valence-electron chi connectivity index (χ0n) is 18.6. The molecule has 1 aliphatic heterocycles. The average molecular weight is 437 g/mol. The van der Waals surface area contributed by atoms with E-state index in [2.05, 4.69) is 0 Å². The van der Waals surface area contributed by atoms with E-state index in [1.54, 1.807) is 21.0 Å². The van der Waals surface area contributed by atoms with E-state index in [1.807, 2.05) is 54.6 Å². The molecule has 0 unspecified atom stereocenters. The van der Waals surface area contributed by atoms with Gasteiger partial charge in [-0.25, -0.2) is 19.6 Å². The van der Waals surface area contributed by atoms with Crippen LogP contribution in [0.25, 0.3) is 5.57 Å². The van der Waals surface area contributed by atoms with E-state index in [0.29, 0.717) is 0 Å². The van der Waals surface area contributed by atoms with E-state index in [0.717, 1.165) is 40.9 Å². The standard InChI is InChI=1S/C25H28N2O5/c1-4-31-24(28)26-20-15-16-21(27(26)25(29)32-5-2)23(20)22(17-9-7-6-8-10-17)18-11-13-19(30-3)14-12-18/h6-14,20-21H,4-5,15-16H2,1-3H3/t20-,21+. The van der Waals surface area contributed by atoms with Gasteiger partial charge < -0.3 is 14.2 Å². The third-order valence-corrected chi connectivity index (χ3v) is 5.89. The van der Waals surface area contributed by atoms with Gasteiger partial charge in [-0.15, -0.1) is 0 Å². The number of benzene rings is 2. The van der Waals surface area contributed by atoms with Gasteiger partial charge in [0, 0.05) is 0 Å². The molecule has 2 bridgehead atoms. The van der Waals surface area contributed by atoms with Crippen LogP contribution in [0.4, 0.5) is 9.59 Å². The first-order chi connectivity index (χ1) is 15.6. The van der Waals surface area contributed by atoms with Crippen molar-refractivity contribution in [3.05, 3.63) is 71.3 Å². The Morgan fingerprint density at radius 2 is 1.31 bits per heavy atom. The molecular formula is C25H28N2O5. The molecule has 0 N–H and O–H groups in total. The number of fused-ring (bicyclic) bond motifs is 2. The maximum absolute atomic E-state index is 12.9. The fraction of sp³-hybridized carbons (Fsp3) is 0.360. The molecule has 1 heterocycles. The van der Waals surface area contributed by atoms with Gasteiger partial charge in [0.2, 0.25) is 0 Å². The van der Waals surface area contributed by atoms with E-state index in [-0.39, 0.29) is 25.3 Å². The third-order valence-electron chi connectivity index (χ3n) is 5.89. The Morgan fingerprint density at radius 1 is 0.812 bits per heavy atom. The molecule has 2 fully saturated rings. The van der Waals surface area contributed by atoms with E-state index in [9.17, 15) is 9.59 Å². The number of amides is 2. The van der Waals surface area contributed by atoms with Gasteiger partial charge in [-0.1, -0.05) is 42.5 Å². The lowest BCUT2D eigenvalue weighted by atomic mass is 9.90. The van der Waals surface area contributed by atoms with Crippen LogP contribution >= 0.6 is 0 Å². The lowest BCUT2D eigenvalue weighted by molar-refractivity contribution is -0.0378. The second kappa shape index (κ2) is 9.34. The first-order valence-corrected chi connectivity index (χ1v) is 11.0. The van der Waals surface area contributed by atoms with Crippen molar-refractivity contribution in [3.8, 4) is 5.75 Å². The lowest BCUT2D eigenvalue weighted by Crippen LogP contribution is -2.53. The number of rotatable bonds is 5. The maximum Gasteiger partial charge on any atom is 0.429 e. The van der Waals surface area contributed by atoms with Crippen LogP contribution in [0.15, 0.2) is 60.2 Å². The summed E-state index contributed by atoms with van der Waals surface area (Å²) in [5, 5.41) is 2.88. The van der Waals surface area contributed by atoms with Crippen molar-refractivity contribution in [2.45, 2.75) is 38.8 Å². The van der Waals surface area contributed by atoms with E-state index < -0.39 is 12.2 Å². The Labute approximate surface area is 188 Å². The molecule has 1 aliphatic carbocycles. The molecule has 0 radical (unpaired) electrons. The van der Waals surface area contributed by atoms with Crippen LogP contribution < -0.4 is 4.74 Å². The van der Waals surface area contributed by atoms with Crippen molar-refractivity contribution in [3.63, 3.8) is 0 Å². The van der Waals surface area contributed by atoms with Gasteiger partial charge in [-0.2, -0.15) is 0 Å². The highest BCUT2D eigenvalue weighted by atomic mass is 16.6. The summed E-state index contributed by atoms with van der Waals surface area (Å²) in [5.74, 6) is 0.766. The van der Waals surface area contributed by atoms with Crippen LogP contribution in [0.2, 0.25) is 0 Å². The molecular weight excluding hydrogens is 408 g/mol. The van der Waals surface area contributed by atoms with Crippen molar-refractivity contribution in [2.24, 2.45) is 0 Å². The minimum atomic E-state index is -0.535. The summed E-state index contributed by atoms with van der Waals surface area (Å²) in [6.07, 6.45) is 0.433. The van der Waals surface area contributed by atoms with E-state index in [1.165, 1.54) is 10.0 Å². The first-order valence-electron chi connectivity index (χ1n) is 11.0. The largest absolute Gasteiger partial charge is 0.497 e. The minimum absolute atomic E-state index is 0.229. The number of carbonyl (C=O) groups is 2. The van der Waals surface area contributed by atoms with Crippen molar-refractivity contribution >= 4 is 17.8 Å². The van der Waals surface area contributed by atoms with Crippen LogP contribution in [0.5, 0.6) is 5.75 Å². The lowest BCUT2D eigenvalue weighted by Gasteiger charge is -2.35. The molecule has 32 heavy (non-hydrogen) atoms. The Hall–Kier alpha value is -3.48. The molecule has 2 aromatic rings. The number of hydrazine groups is 1. The molecule has 4 rings (SSSR count). The number of ether oxygens (including phenoxy) is 3. The molecule has 2 aromatic carbocycles. The summed E-state index contributed by atoms with van der Waals surface area (Å²) in [5.41, 5.74) is 4.07. The monoisotopic (exact) mass is 436 g/mol. The average Bonchev–Trinajstić information content (AvgIpc) is 3.37. The van der Waals surface area contributed by atoms with Gasteiger partial charge in [-0.3, -0.25) is 0 Å². The second-order valence-corrected chi connectivity index (χ2v) is 7.62. The highest BCUT2D eigenvalue weighted by Crippen LogP contribution is 2.47. The van der Waals surface area contributed by atoms with E-state index in [4.69, 9.17) is 14.2 Å². The fourth-order valence-corrected chi connectivity index (χ4v) is 4.66. The molecule has 168 valence electrons. The summed E-state index contributed by atoms with van der Waals surface area (Å²) < 4.78 is 15.9. The molecule has 7 heteroatoms. The number of hydrogen-bond acceptors (Lipinski definition) is 5. The highest BCUT2D eigenvalue weighted by Gasteiger charge is 2.55. The smallest absolute Gasteiger partial charge is 0.429 e. The van der Waals surface area contributed by atoms with Gasteiger partial charge in [0.05, 0.1) is 32.4 Å². The van der Waals surface area contributed by atoms with Crippen LogP contribution in [-0.2, 0) is 9.47 Å². The molecule has 1 saturated heterocycles.